The second kappa shape index (κ2) is 6.93. The molecule has 108 valence electrons. The van der Waals surface area contributed by atoms with Crippen molar-refractivity contribution in [2.24, 2.45) is 0 Å². The highest BCUT2D eigenvalue weighted by molar-refractivity contribution is 6.35. The van der Waals surface area contributed by atoms with Gasteiger partial charge < -0.3 is 0 Å². The van der Waals surface area contributed by atoms with Gasteiger partial charge in [0.1, 0.15) is 0 Å². The van der Waals surface area contributed by atoms with Crippen molar-refractivity contribution in [3.63, 3.8) is 0 Å². The normalized spacial score (nSPS) is 11.3. The number of carbonyl (C=O) groups is 1. The van der Waals surface area contributed by atoms with Gasteiger partial charge in [0.2, 0.25) is 0 Å². The third kappa shape index (κ3) is 4.20. The standard InChI is InChI=1S/C18H16Cl2O/c1-12(2)13-3-5-15(6-4-13)18(21)10-8-14-7-9-16(19)11-17(14)20/h3-12H,1-2H3/b10-8+. The molecule has 0 aromatic heterocycles. The van der Waals surface area contributed by atoms with E-state index < -0.39 is 0 Å². The van der Waals surface area contributed by atoms with Gasteiger partial charge in [0.05, 0.1) is 0 Å². The first-order valence-electron chi connectivity index (χ1n) is 6.75. The van der Waals surface area contributed by atoms with E-state index in [4.69, 9.17) is 23.2 Å². The molecule has 2 aromatic rings. The fourth-order valence-corrected chi connectivity index (χ4v) is 2.40. The third-order valence-electron chi connectivity index (χ3n) is 3.24. The molecule has 0 aliphatic rings. The van der Waals surface area contributed by atoms with Gasteiger partial charge in [-0.15, -0.1) is 0 Å². The van der Waals surface area contributed by atoms with Crippen LogP contribution in [0.5, 0.6) is 0 Å². The summed E-state index contributed by atoms with van der Waals surface area (Å²) in [5.41, 5.74) is 2.66. The molecule has 0 bridgehead atoms. The van der Waals surface area contributed by atoms with Crippen molar-refractivity contribution < 1.29 is 4.79 Å². The molecule has 0 unspecified atom stereocenters. The predicted molar refractivity (Wildman–Crippen MR) is 90.4 cm³/mol. The van der Waals surface area contributed by atoms with Crippen molar-refractivity contribution in [3.05, 3.63) is 75.3 Å². The van der Waals surface area contributed by atoms with Crippen molar-refractivity contribution in [3.8, 4) is 0 Å². The zero-order valence-electron chi connectivity index (χ0n) is 11.9. The number of carbonyl (C=O) groups excluding carboxylic acids is 1. The molecule has 2 aromatic carbocycles. The van der Waals surface area contributed by atoms with Gasteiger partial charge in [-0.3, -0.25) is 4.79 Å². The fraction of sp³-hybridized carbons (Fsp3) is 0.167. The molecule has 3 heteroatoms. The summed E-state index contributed by atoms with van der Waals surface area (Å²) >= 11 is 11.9. The summed E-state index contributed by atoms with van der Waals surface area (Å²) in [6, 6.07) is 12.9. The van der Waals surface area contributed by atoms with E-state index in [0.29, 0.717) is 21.5 Å². The summed E-state index contributed by atoms with van der Waals surface area (Å²) in [7, 11) is 0. The molecule has 0 fully saturated rings. The number of rotatable bonds is 4. The van der Waals surface area contributed by atoms with E-state index in [1.165, 1.54) is 11.6 Å². The molecule has 0 heterocycles. The molecule has 21 heavy (non-hydrogen) atoms. The summed E-state index contributed by atoms with van der Waals surface area (Å²) < 4.78 is 0. The SMILES string of the molecule is CC(C)c1ccc(C(=O)/C=C/c2ccc(Cl)cc2Cl)cc1. The van der Waals surface area contributed by atoms with Gasteiger partial charge in [0.15, 0.2) is 5.78 Å². The molecule has 0 saturated heterocycles. The summed E-state index contributed by atoms with van der Waals surface area (Å²) in [4.78, 5) is 12.1. The van der Waals surface area contributed by atoms with Crippen LogP contribution in [0.1, 0.15) is 41.3 Å². The highest BCUT2D eigenvalue weighted by Crippen LogP contribution is 2.22. The van der Waals surface area contributed by atoms with Crippen LogP contribution in [0.2, 0.25) is 10.0 Å². The number of allylic oxidation sites excluding steroid dienone is 1. The minimum Gasteiger partial charge on any atom is -0.289 e. The Bertz CT molecular complexity index is 670. The van der Waals surface area contributed by atoms with E-state index in [1.807, 2.05) is 24.3 Å². The fourth-order valence-electron chi connectivity index (χ4n) is 1.93. The molecule has 0 aliphatic heterocycles. The Hall–Kier alpha value is -1.57. The van der Waals surface area contributed by atoms with Gasteiger partial charge in [-0.05, 0) is 41.3 Å². The first kappa shape index (κ1) is 15.8. The molecule has 0 radical (unpaired) electrons. The van der Waals surface area contributed by atoms with Crippen LogP contribution < -0.4 is 0 Å². The third-order valence-corrected chi connectivity index (χ3v) is 3.80. The van der Waals surface area contributed by atoms with Gasteiger partial charge in [-0.2, -0.15) is 0 Å². The summed E-state index contributed by atoms with van der Waals surface area (Å²) in [6.45, 7) is 4.25. The molecular formula is C18H16Cl2O. The first-order valence-corrected chi connectivity index (χ1v) is 7.50. The maximum Gasteiger partial charge on any atom is 0.185 e. The highest BCUT2D eigenvalue weighted by Gasteiger charge is 2.04. The van der Waals surface area contributed by atoms with Gasteiger partial charge >= 0.3 is 0 Å². The lowest BCUT2D eigenvalue weighted by Gasteiger charge is -2.05. The molecule has 2 rings (SSSR count). The van der Waals surface area contributed by atoms with Crippen molar-refractivity contribution in [1.82, 2.24) is 0 Å². The van der Waals surface area contributed by atoms with Gasteiger partial charge in [0, 0.05) is 15.6 Å². The van der Waals surface area contributed by atoms with Gasteiger partial charge in [0.25, 0.3) is 0 Å². The van der Waals surface area contributed by atoms with Crippen molar-refractivity contribution in [2.75, 3.05) is 0 Å². The van der Waals surface area contributed by atoms with E-state index in [2.05, 4.69) is 13.8 Å². The van der Waals surface area contributed by atoms with Gasteiger partial charge in [-0.25, -0.2) is 0 Å². The molecular weight excluding hydrogens is 303 g/mol. The van der Waals surface area contributed by atoms with Gasteiger partial charge in [-0.1, -0.05) is 67.4 Å². The zero-order chi connectivity index (χ0) is 15.4. The van der Waals surface area contributed by atoms with Crippen molar-refractivity contribution >= 4 is 35.1 Å². The molecule has 0 N–H and O–H groups in total. The van der Waals surface area contributed by atoms with E-state index >= 15 is 0 Å². The van der Waals surface area contributed by atoms with E-state index in [-0.39, 0.29) is 5.78 Å². The molecule has 0 spiro atoms. The summed E-state index contributed by atoms with van der Waals surface area (Å²) in [6.07, 6.45) is 3.23. The highest BCUT2D eigenvalue weighted by atomic mass is 35.5. The largest absolute Gasteiger partial charge is 0.289 e. The van der Waals surface area contributed by atoms with E-state index in [9.17, 15) is 4.79 Å². The quantitative estimate of drug-likeness (QED) is 0.498. The van der Waals surface area contributed by atoms with Crippen LogP contribution in [-0.2, 0) is 0 Å². The lowest BCUT2D eigenvalue weighted by Crippen LogP contribution is -1.95. The maximum atomic E-state index is 12.1. The van der Waals surface area contributed by atoms with Crippen LogP contribution >= 0.6 is 23.2 Å². The smallest absolute Gasteiger partial charge is 0.185 e. The van der Waals surface area contributed by atoms with Crippen molar-refractivity contribution in [1.29, 1.82) is 0 Å². The Morgan fingerprint density at radius 3 is 2.29 bits per heavy atom. The van der Waals surface area contributed by atoms with Crippen LogP contribution in [0.25, 0.3) is 6.08 Å². The Labute approximate surface area is 135 Å². The Morgan fingerprint density at radius 2 is 1.71 bits per heavy atom. The predicted octanol–water partition coefficient (Wildman–Crippen LogP) is 6.01. The second-order valence-corrected chi connectivity index (χ2v) is 5.98. The molecule has 0 amide bonds. The average Bonchev–Trinajstić information content (AvgIpc) is 2.46. The molecule has 0 aliphatic carbocycles. The lowest BCUT2D eigenvalue weighted by molar-refractivity contribution is 0.104. The minimum absolute atomic E-state index is 0.0451. The van der Waals surface area contributed by atoms with Crippen LogP contribution in [0.15, 0.2) is 48.5 Å². The number of benzene rings is 2. The summed E-state index contributed by atoms with van der Waals surface area (Å²) in [5.74, 6) is 0.411. The van der Waals surface area contributed by atoms with E-state index in [0.717, 1.165) is 5.56 Å². The number of hydrogen-bond acceptors (Lipinski definition) is 1. The first-order chi connectivity index (χ1) is 9.97. The average molecular weight is 319 g/mol. The number of ketones is 1. The van der Waals surface area contributed by atoms with Crippen LogP contribution in [0.3, 0.4) is 0 Å². The molecule has 1 nitrogen and oxygen atoms in total. The number of hydrogen-bond donors (Lipinski definition) is 0. The lowest BCUT2D eigenvalue weighted by atomic mass is 10.0. The van der Waals surface area contributed by atoms with Crippen LogP contribution in [0, 0.1) is 0 Å². The second-order valence-electron chi connectivity index (χ2n) is 5.14. The van der Waals surface area contributed by atoms with Crippen LogP contribution in [-0.4, -0.2) is 5.78 Å². The Balaban J connectivity index is 2.15. The summed E-state index contributed by atoms with van der Waals surface area (Å²) in [5, 5.41) is 1.11. The topological polar surface area (TPSA) is 17.1 Å². The Kier molecular flexibility index (Phi) is 5.22. The monoisotopic (exact) mass is 318 g/mol. The van der Waals surface area contributed by atoms with Crippen LogP contribution in [0.4, 0.5) is 0 Å². The molecule has 0 atom stereocenters. The number of halogens is 2. The zero-order valence-corrected chi connectivity index (χ0v) is 13.4. The maximum absolute atomic E-state index is 12.1. The van der Waals surface area contributed by atoms with E-state index in [1.54, 1.807) is 24.3 Å². The Morgan fingerprint density at radius 1 is 1.05 bits per heavy atom. The minimum atomic E-state index is -0.0451. The molecule has 0 saturated carbocycles. The van der Waals surface area contributed by atoms with Crippen molar-refractivity contribution in [2.45, 2.75) is 19.8 Å².